The van der Waals surface area contributed by atoms with Crippen molar-refractivity contribution in [1.29, 1.82) is 0 Å². The van der Waals surface area contributed by atoms with Crippen molar-refractivity contribution in [1.82, 2.24) is 19.7 Å². The molecule has 0 saturated heterocycles. The predicted octanol–water partition coefficient (Wildman–Crippen LogP) is 3.41. The summed E-state index contributed by atoms with van der Waals surface area (Å²) in [5.41, 5.74) is 1.47. The van der Waals surface area contributed by atoms with Crippen molar-refractivity contribution in [3.63, 3.8) is 0 Å². The van der Waals surface area contributed by atoms with Gasteiger partial charge in [0.1, 0.15) is 18.0 Å². The van der Waals surface area contributed by atoms with Crippen LogP contribution in [0.25, 0.3) is 16.7 Å². The number of hydrogen-bond acceptors (Lipinski definition) is 4. The zero-order valence-corrected chi connectivity index (χ0v) is 12.6. The van der Waals surface area contributed by atoms with Crippen molar-refractivity contribution in [2.24, 2.45) is 5.92 Å². The third kappa shape index (κ3) is 2.90. The van der Waals surface area contributed by atoms with Crippen molar-refractivity contribution in [2.75, 3.05) is 11.9 Å². The summed E-state index contributed by atoms with van der Waals surface area (Å²) in [6.07, 6.45) is 4.32. The topological polar surface area (TPSA) is 55.6 Å². The van der Waals surface area contributed by atoms with Crippen LogP contribution in [0.1, 0.15) is 20.3 Å². The van der Waals surface area contributed by atoms with E-state index in [0.29, 0.717) is 11.6 Å². The molecule has 6 heteroatoms. The highest BCUT2D eigenvalue weighted by atomic mass is 19.1. The third-order valence-electron chi connectivity index (χ3n) is 3.45. The van der Waals surface area contributed by atoms with E-state index in [1.54, 1.807) is 23.0 Å². The number of hydrogen-bond donors (Lipinski definition) is 1. The van der Waals surface area contributed by atoms with Crippen LogP contribution < -0.4 is 5.32 Å². The summed E-state index contributed by atoms with van der Waals surface area (Å²) in [5, 5.41) is 8.54. The van der Waals surface area contributed by atoms with E-state index in [4.69, 9.17) is 0 Å². The standard InChI is InChI=1S/C16H18FN5/c1-11(2)7-8-18-15-14-9-21-22(16(14)20-10-19-15)13-5-3-12(17)4-6-13/h3-6,9-11H,7-8H2,1-2H3,(H,18,19,20). The highest BCUT2D eigenvalue weighted by Gasteiger charge is 2.11. The summed E-state index contributed by atoms with van der Waals surface area (Å²) >= 11 is 0. The quantitative estimate of drug-likeness (QED) is 0.784. The molecule has 0 fully saturated rings. The maximum absolute atomic E-state index is 13.0. The number of rotatable bonds is 5. The SMILES string of the molecule is CC(C)CCNc1ncnc2c1cnn2-c1ccc(F)cc1. The van der Waals surface area contributed by atoms with Crippen LogP contribution in [0.3, 0.4) is 0 Å². The lowest BCUT2D eigenvalue weighted by atomic mass is 10.1. The maximum Gasteiger partial charge on any atom is 0.168 e. The van der Waals surface area contributed by atoms with Gasteiger partial charge in [-0.05, 0) is 36.6 Å². The molecule has 0 bridgehead atoms. The Balaban J connectivity index is 1.93. The summed E-state index contributed by atoms with van der Waals surface area (Å²) in [6, 6.07) is 6.17. The number of halogens is 1. The van der Waals surface area contributed by atoms with Crippen LogP contribution in [0.15, 0.2) is 36.8 Å². The predicted molar refractivity (Wildman–Crippen MR) is 84.6 cm³/mol. The number of nitrogens with zero attached hydrogens (tertiary/aromatic N) is 4. The molecular weight excluding hydrogens is 281 g/mol. The fourth-order valence-electron chi connectivity index (χ4n) is 2.24. The minimum Gasteiger partial charge on any atom is -0.369 e. The average Bonchev–Trinajstić information content (AvgIpc) is 2.92. The first-order chi connectivity index (χ1) is 10.6. The second-order valence-corrected chi connectivity index (χ2v) is 5.60. The summed E-state index contributed by atoms with van der Waals surface area (Å²) < 4.78 is 14.7. The molecule has 0 saturated carbocycles. The molecule has 0 aliphatic heterocycles. The van der Waals surface area contributed by atoms with E-state index < -0.39 is 0 Å². The molecule has 3 aromatic rings. The number of fused-ring (bicyclic) bond motifs is 1. The first-order valence-electron chi connectivity index (χ1n) is 7.33. The smallest absolute Gasteiger partial charge is 0.168 e. The van der Waals surface area contributed by atoms with Crippen molar-refractivity contribution < 1.29 is 4.39 Å². The number of aromatic nitrogens is 4. The summed E-state index contributed by atoms with van der Waals surface area (Å²) in [5.74, 6) is 1.14. The largest absolute Gasteiger partial charge is 0.369 e. The molecule has 0 spiro atoms. The lowest BCUT2D eigenvalue weighted by Gasteiger charge is -2.08. The van der Waals surface area contributed by atoms with Gasteiger partial charge >= 0.3 is 0 Å². The van der Waals surface area contributed by atoms with Crippen LogP contribution in [0.4, 0.5) is 10.2 Å². The molecular formula is C16H18FN5. The van der Waals surface area contributed by atoms with Crippen LogP contribution in [0, 0.1) is 11.7 Å². The Morgan fingerprint density at radius 3 is 2.68 bits per heavy atom. The van der Waals surface area contributed by atoms with Crippen LogP contribution in [-0.2, 0) is 0 Å². The van der Waals surface area contributed by atoms with E-state index in [1.165, 1.54) is 18.5 Å². The minimum absolute atomic E-state index is 0.272. The van der Waals surface area contributed by atoms with Gasteiger partial charge in [0, 0.05) is 6.54 Å². The molecule has 2 heterocycles. The van der Waals surface area contributed by atoms with Crippen molar-refractivity contribution >= 4 is 16.9 Å². The van der Waals surface area contributed by atoms with Gasteiger partial charge in [-0.15, -0.1) is 0 Å². The Labute approximate surface area is 128 Å². The average molecular weight is 299 g/mol. The molecule has 0 radical (unpaired) electrons. The molecule has 2 aromatic heterocycles. The molecule has 0 atom stereocenters. The maximum atomic E-state index is 13.0. The molecule has 1 aromatic carbocycles. The van der Waals surface area contributed by atoms with E-state index in [-0.39, 0.29) is 5.82 Å². The van der Waals surface area contributed by atoms with Gasteiger partial charge in [0.05, 0.1) is 17.3 Å². The van der Waals surface area contributed by atoms with Gasteiger partial charge in [-0.3, -0.25) is 0 Å². The van der Waals surface area contributed by atoms with E-state index in [1.807, 2.05) is 0 Å². The van der Waals surface area contributed by atoms with E-state index in [0.717, 1.165) is 29.9 Å². The Morgan fingerprint density at radius 2 is 1.95 bits per heavy atom. The molecule has 0 aliphatic rings. The number of anilines is 1. The van der Waals surface area contributed by atoms with Crippen LogP contribution in [0.5, 0.6) is 0 Å². The Kier molecular flexibility index (Phi) is 4.00. The second kappa shape index (κ2) is 6.09. The van der Waals surface area contributed by atoms with Crippen LogP contribution in [0.2, 0.25) is 0 Å². The number of nitrogens with one attached hydrogen (secondary N) is 1. The van der Waals surface area contributed by atoms with Gasteiger partial charge in [0.2, 0.25) is 0 Å². The first-order valence-corrected chi connectivity index (χ1v) is 7.33. The van der Waals surface area contributed by atoms with Gasteiger partial charge in [0.15, 0.2) is 5.65 Å². The van der Waals surface area contributed by atoms with Gasteiger partial charge in [-0.1, -0.05) is 13.8 Å². The van der Waals surface area contributed by atoms with E-state index in [2.05, 4.69) is 34.2 Å². The fraction of sp³-hybridized carbons (Fsp3) is 0.312. The Bertz CT molecular complexity index is 764. The van der Waals surface area contributed by atoms with Gasteiger partial charge < -0.3 is 5.32 Å². The van der Waals surface area contributed by atoms with Crippen LogP contribution >= 0.6 is 0 Å². The molecule has 3 rings (SSSR count). The summed E-state index contributed by atoms with van der Waals surface area (Å²) in [4.78, 5) is 8.59. The third-order valence-corrected chi connectivity index (χ3v) is 3.45. The fourth-order valence-corrected chi connectivity index (χ4v) is 2.24. The summed E-state index contributed by atoms with van der Waals surface area (Å²) in [6.45, 7) is 5.22. The highest BCUT2D eigenvalue weighted by Crippen LogP contribution is 2.21. The molecule has 114 valence electrons. The molecule has 0 unspecified atom stereocenters. The molecule has 0 aliphatic carbocycles. The van der Waals surface area contributed by atoms with Gasteiger partial charge in [-0.25, -0.2) is 19.0 Å². The zero-order chi connectivity index (χ0) is 15.5. The van der Waals surface area contributed by atoms with E-state index in [9.17, 15) is 4.39 Å². The summed E-state index contributed by atoms with van der Waals surface area (Å²) in [7, 11) is 0. The van der Waals surface area contributed by atoms with Crippen LogP contribution in [-0.4, -0.2) is 26.3 Å². The lowest BCUT2D eigenvalue weighted by molar-refractivity contribution is 0.607. The number of benzene rings is 1. The van der Waals surface area contributed by atoms with Gasteiger partial charge in [-0.2, -0.15) is 5.10 Å². The zero-order valence-electron chi connectivity index (χ0n) is 12.6. The van der Waals surface area contributed by atoms with Crippen molar-refractivity contribution in [3.05, 3.63) is 42.6 Å². The van der Waals surface area contributed by atoms with Crippen molar-refractivity contribution in [3.8, 4) is 5.69 Å². The highest BCUT2D eigenvalue weighted by molar-refractivity contribution is 5.87. The second-order valence-electron chi connectivity index (χ2n) is 5.60. The molecule has 22 heavy (non-hydrogen) atoms. The van der Waals surface area contributed by atoms with Crippen molar-refractivity contribution in [2.45, 2.75) is 20.3 Å². The molecule has 1 N–H and O–H groups in total. The van der Waals surface area contributed by atoms with Gasteiger partial charge in [0.25, 0.3) is 0 Å². The normalized spacial score (nSPS) is 11.3. The molecule has 0 amide bonds. The monoisotopic (exact) mass is 299 g/mol. The minimum atomic E-state index is -0.272. The Hall–Kier alpha value is -2.50. The Morgan fingerprint density at radius 1 is 1.18 bits per heavy atom. The molecule has 5 nitrogen and oxygen atoms in total. The lowest BCUT2D eigenvalue weighted by Crippen LogP contribution is -2.07. The first kappa shape index (κ1) is 14.4. The van der Waals surface area contributed by atoms with E-state index >= 15 is 0 Å².